The quantitative estimate of drug-likeness (QED) is 0.712. The van der Waals surface area contributed by atoms with Crippen LogP contribution in [0.15, 0.2) is 0 Å². The molecule has 1 saturated heterocycles. The minimum absolute atomic E-state index is 0.272. The van der Waals surface area contributed by atoms with Gasteiger partial charge >= 0.3 is 0 Å². The van der Waals surface area contributed by atoms with Gasteiger partial charge < -0.3 is 0 Å². The average molecular weight is 248 g/mol. The summed E-state index contributed by atoms with van der Waals surface area (Å²) in [5, 5.41) is 0.513. The molecular weight excluding hydrogens is 230 g/mol. The van der Waals surface area contributed by atoms with Gasteiger partial charge in [-0.25, -0.2) is 0 Å². The summed E-state index contributed by atoms with van der Waals surface area (Å²) in [5.74, 6) is 0.933. The number of hydrogen-bond donors (Lipinski definition) is 0. The summed E-state index contributed by atoms with van der Waals surface area (Å²) in [7, 11) is 0. The van der Waals surface area contributed by atoms with E-state index in [0.29, 0.717) is 17.0 Å². The van der Waals surface area contributed by atoms with Gasteiger partial charge in [-0.15, -0.1) is 0 Å². The molecule has 1 rings (SSSR count). The summed E-state index contributed by atoms with van der Waals surface area (Å²) >= 11 is 3.19. The van der Waals surface area contributed by atoms with Gasteiger partial charge in [-0.2, -0.15) is 0 Å². The van der Waals surface area contributed by atoms with Crippen molar-refractivity contribution in [3.63, 3.8) is 0 Å². The molecule has 0 saturated carbocycles. The third-order valence-corrected chi connectivity index (χ3v) is 3.20. The molecule has 0 bridgehead atoms. The maximum Gasteiger partial charge on any atom is 0.143 e. The third kappa shape index (κ3) is 3.06. The number of carbonyl (C=O) groups is 1. The van der Waals surface area contributed by atoms with Gasteiger partial charge in [-0.3, -0.25) is 9.69 Å². The maximum absolute atomic E-state index is 11.1. The largest absolute Gasteiger partial charge is 0.299 e. The molecule has 0 N–H and O–H groups in total. The molecule has 0 aromatic rings. The van der Waals surface area contributed by atoms with Crippen molar-refractivity contribution in [3.05, 3.63) is 0 Å². The molecule has 1 aliphatic rings. The molecular formula is C10H18BrNO. The highest BCUT2D eigenvalue weighted by molar-refractivity contribution is 9.09. The van der Waals surface area contributed by atoms with Gasteiger partial charge in [0.2, 0.25) is 0 Å². The summed E-state index contributed by atoms with van der Waals surface area (Å²) in [6.07, 6.45) is 0.748. The van der Waals surface area contributed by atoms with Gasteiger partial charge in [0.15, 0.2) is 0 Å². The number of rotatable bonds is 3. The first-order valence-electron chi connectivity index (χ1n) is 4.76. The van der Waals surface area contributed by atoms with Gasteiger partial charge in [0.1, 0.15) is 5.78 Å². The molecule has 0 aromatic heterocycles. The molecule has 1 aliphatic heterocycles. The maximum atomic E-state index is 11.1. The average Bonchev–Trinajstić information content (AvgIpc) is 1.92. The van der Waals surface area contributed by atoms with Gasteiger partial charge in [-0.1, -0.05) is 15.9 Å². The van der Waals surface area contributed by atoms with E-state index in [-0.39, 0.29) is 5.54 Å². The molecule has 1 heterocycles. The van der Waals surface area contributed by atoms with E-state index in [0.717, 1.165) is 19.5 Å². The molecule has 0 amide bonds. The molecule has 0 spiro atoms. The van der Waals surface area contributed by atoms with Crippen molar-refractivity contribution >= 4 is 21.7 Å². The summed E-state index contributed by atoms with van der Waals surface area (Å²) in [4.78, 5) is 13.5. The van der Waals surface area contributed by atoms with Crippen LogP contribution in [0.1, 0.15) is 27.2 Å². The number of alkyl halides is 1. The number of nitrogens with zero attached hydrogens (tertiary/aromatic N) is 1. The Kier molecular flexibility index (Phi) is 3.52. The Morgan fingerprint density at radius 2 is 2.00 bits per heavy atom. The lowest BCUT2D eigenvalue weighted by molar-refractivity contribution is -0.119. The fourth-order valence-corrected chi connectivity index (χ4v) is 1.85. The molecule has 3 heteroatoms. The Balaban J connectivity index is 2.22. The van der Waals surface area contributed by atoms with Crippen molar-refractivity contribution in [2.45, 2.75) is 32.7 Å². The Hall–Kier alpha value is 0.110. The molecule has 0 aliphatic carbocycles. The summed E-state index contributed by atoms with van der Waals surface area (Å²) in [6.45, 7) is 8.82. The first-order chi connectivity index (χ1) is 5.93. The molecule has 1 fully saturated rings. The van der Waals surface area contributed by atoms with E-state index in [1.54, 1.807) is 0 Å². The first kappa shape index (κ1) is 11.2. The smallest absolute Gasteiger partial charge is 0.143 e. The van der Waals surface area contributed by atoms with Gasteiger partial charge in [0, 0.05) is 25.0 Å². The van der Waals surface area contributed by atoms with Crippen molar-refractivity contribution in [3.8, 4) is 0 Å². The second-order valence-corrected chi connectivity index (χ2v) is 5.38. The number of ketones is 1. The molecule has 2 nitrogen and oxygen atoms in total. The number of Topliss-reactive ketones (excluding diaryl/α,β-unsaturated/α-hetero) is 1. The van der Waals surface area contributed by atoms with E-state index in [4.69, 9.17) is 0 Å². The highest BCUT2D eigenvalue weighted by Gasteiger charge is 2.34. The van der Waals surface area contributed by atoms with Crippen LogP contribution >= 0.6 is 15.9 Å². The monoisotopic (exact) mass is 247 g/mol. The van der Waals surface area contributed by atoms with Crippen molar-refractivity contribution in [2.24, 2.45) is 5.92 Å². The van der Waals surface area contributed by atoms with E-state index in [1.165, 1.54) is 0 Å². The summed E-state index contributed by atoms with van der Waals surface area (Å²) < 4.78 is 0. The lowest BCUT2D eigenvalue weighted by Crippen LogP contribution is -2.56. The normalized spacial score (nSPS) is 20.0. The lowest BCUT2D eigenvalue weighted by atomic mass is 9.89. The van der Waals surface area contributed by atoms with Gasteiger partial charge in [-0.05, 0) is 26.7 Å². The summed E-state index contributed by atoms with van der Waals surface area (Å²) in [5.41, 5.74) is 0.272. The molecule has 0 atom stereocenters. The second-order valence-electron chi connectivity index (χ2n) is 4.82. The van der Waals surface area contributed by atoms with E-state index < -0.39 is 0 Å². The topological polar surface area (TPSA) is 20.3 Å². The van der Waals surface area contributed by atoms with Crippen LogP contribution < -0.4 is 0 Å². The molecule has 13 heavy (non-hydrogen) atoms. The fourth-order valence-electron chi connectivity index (χ4n) is 1.62. The van der Waals surface area contributed by atoms with Crippen LogP contribution in [0.4, 0.5) is 0 Å². The van der Waals surface area contributed by atoms with E-state index in [2.05, 4.69) is 41.6 Å². The van der Waals surface area contributed by atoms with Crippen LogP contribution in [0.25, 0.3) is 0 Å². The number of hydrogen-bond acceptors (Lipinski definition) is 2. The zero-order chi connectivity index (χ0) is 10.1. The van der Waals surface area contributed by atoms with Crippen molar-refractivity contribution < 1.29 is 4.79 Å². The Morgan fingerprint density at radius 1 is 1.46 bits per heavy atom. The van der Waals surface area contributed by atoms with Gasteiger partial charge in [0.05, 0.1) is 5.33 Å². The third-order valence-electron chi connectivity index (χ3n) is 2.57. The van der Waals surface area contributed by atoms with E-state index in [9.17, 15) is 4.79 Å². The number of halogens is 1. The van der Waals surface area contributed by atoms with Crippen LogP contribution in [-0.4, -0.2) is 34.6 Å². The molecule has 76 valence electrons. The van der Waals surface area contributed by atoms with E-state index in [1.807, 2.05) is 0 Å². The molecule has 0 unspecified atom stereocenters. The van der Waals surface area contributed by atoms with Crippen molar-refractivity contribution in [1.82, 2.24) is 4.90 Å². The zero-order valence-corrected chi connectivity index (χ0v) is 10.2. The van der Waals surface area contributed by atoms with E-state index >= 15 is 0 Å². The van der Waals surface area contributed by atoms with Gasteiger partial charge in [0.25, 0.3) is 0 Å². The number of likely N-dealkylation sites (tertiary alicyclic amines) is 1. The fraction of sp³-hybridized carbons (Fsp3) is 0.900. The predicted octanol–water partition coefficient (Wildman–Crippen LogP) is 2.07. The van der Waals surface area contributed by atoms with Crippen molar-refractivity contribution in [2.75, 3.05) is 18.4 Å². The first-order valence-corrected chi connectivity index (χ1v) is 5.88. The molecule has 0 aromatic carbocycles. The highest BCUT2D eigenvalue weighted by atomic mass is 79.9. The van der Waals surface area contributed by atoms with Crippen LogP contribution in [0.2, 0.25) is 0 Å². The second kappa shape index (κ2) is 4.09. The van der Waals surface area contributed by atoms with Crippen LogP contribution in [-0.2, 0) is 4.79 Å². The van der Waals surface area contributed by atoms with Crippen LogP contribution in [0.5, 0.6) is 0 Å². The number of carbonyl (C=O) groups excluding carboxylic acids is 1. The van der Waals surface area contributed by atoms with Crippen LogP contribution in [0.3, 0.4) is 0 Å². The minimum atomic E-state index is 0.272. The minimum Gasteiger partial charge on any atom is -0.299 e. The van der Waals surface area contributed by atoms with Crippen LogP contribution in [0, 0.1) is 5.92 Å². The Bertz CT molecular complexity index is 192. The standard InChI is InChI=1S/C10H18BrNO/c1-10(2,3)12-6-8(7-12)4-9(13)5-11/h8H,4-7H2,1-3H3. The Labute approximate surface area is 88.8 Å². The predicted molar refractivity (Wildman–Crippen MR) is 58.2 cm³/mol. The highest BCUT2D eigenvalue weighted by Crippen LogP contribution is 2.27. The molecule has 0 radical (unpaired) electrons. The SMILES string of the molecule is CC(C)(C)N1CC(CC(=O)CBr)C1. The van der Waals surface area contributed by atoms with Crippen molar-refractivity contribution in [1.29, 1.82) is 0 Å². The lowest BCUT2D eigenvalue weighted by Gasteiger charge is -2.47. The summed E-state index contributed by atoms with van der Waals surface area (Å²) in [6, 6.07) is 0. The zero-order valence-electron chi connectivity index (χ0n) is 8.64. The Morgan fingerprint density at radius 3 is 2.38 bits per heavy atom.